The lowest BCUT2D eigenvalue weighted by molar-refractivity contribution is 0.00578. The van der Waals surface area contributed by atoms with E-state index in [2.05, 4.69) is 10.3 Å². The van der Waals surface area contributed by atoms with Gasteiger partial charge in [-0.3, -0.25) is 4.79 Å². The van der Waals surface area contributed by atoms with Crippen LogP contribution in [0.2, 0.25) is 0 Å². The molecule has 1 aromatic carbocycles. The Labute approximate surface area is 155 Å². The number of aldehydes is 1. The lowest BCUT2D eigenvalue weighted by Gasteiger charge is -2.32. The van der Waals surface area contributed by atoms with Crippen molar-refractivity contribution in [1.29, 1.82) is 0 Å². The second kappa shape index (κ2) is 6.07. The van der Waals surface area contributed by atoms with Crippen LogP contribution >= 0.6 is 0 Å². The third-order valence-corrected chi connectivity index (χ3v) is 5.01. The van der Waals surface area contributed by atoms with Crippen LogP contribution in [-0.4, -0.2) is 35.1 Å². The summed E-state index contributed by atoms with van der Waals surface area (Å²) in [6.07, 6.45) is 0.835. The molecule has 0 spiro atoms. The smallest absolute Gasteiger partial charge is 0.399 e. The summed E-state index contributed by atoms with van der Waals surface area (Å²) in [4.78, 5) is 16.2. The van der Waals surface area contributed by atoms with Gasteiger partial charge in [0.2, 0.25) is 0 Å². The molecule has 2 heterocycles. The maximum Gasteiger partial charge on any atom is 0.494 e. The fourth-order valence-electron chi connectivity index (χ4n) is 2.88. The topological polar surface area (TPSA) is 60.5 Å². The molecule has 0 aliphatic carbocycles. The number of hydrogen-bond donors (Lipinski definition) is 1. The summed E-state index contributed by atoms with van der Waals surface area (Å²) >= 11 is 0. The number of hydrogen-bond acceptors (Lipinski definition) is 5. The van der Waals surface area contributed by atoms with Crippen molar-refractivity contribution in [2.24, 2.45) is 0 Å². The van der Waals surface area contributed by atoms with Crippen LogP contribution < -0.4 is 10.8 Å². The Hall–Kier alpha value is -1.92. The molecular formula is C20H27BN2O3. The minimum absolute atomic E-state index is 0.179. The number of benzene rings is 1. The van der Waals surface area contributed by atoms with Crippen molar-refractivity contribution >= 4 is 35.6 Å². The monoisotopic (exact) mass is 354 g/mol. The molecule has 1 aliphatic rings. The van der Waals surface area contributed by atoms with Gasteiger partial charge in [0.25, 0.3) is 0 Å². The number of pyridine rings is 1. The van der Waals surface area contributed by atoms with Crippen molar-refractivity contribution in [2.45, 2.75) is 65.2 Å². The van der Waals surface area contributed by atoms with Gasteiger partial charge in [-0.1, -0.05) is 12.1 Å². The number of fused-ring (bicyclic) bond motifs is 1. The van der Waals surface area contributed by atoms with Crippen LogP contribution in [0.15, 0.2) is 24.3 Å². The Bertz CT molecular complexity index is 840. The molecule has 2 aromatic rings. The molecule has 26 heavy (non-hydrogen) atoms. The van der Waals surface area contributed by atoms with Crippen LogP contribution in [0.3, 0.4) is 0 Å². The molecule has 1 aromatic heterocycles. The largest absolute Gasteiger partial charge is 0.494 e. The molecule has 0 amide bonds. The minimum atomic E-state index is -0.434. The van der Waals surface area contributed by atoms with Gasteiger partial charge < -0.3 is 14.6 Å². The zero-order chi connectivity index (χ0) is 19.3. The summed E-state index contributed by atoms with van der Waals surface area (Å²) in [6, 6.07) is 7.76. The van der Waals surface area contributed by atoms with Crippen molar-refractivity contribution < 1.29 is 14.1 Å². The number of aromatic nitrogens is 1. The first-order valence-electron chi connectivity index (χ1n) is 8.96. The predicted molar refractivity (Wildman–Crippen MR) is 106 cm³/mol. The lowest BCUT2D eigenvalue weighted by Crippen LogP contribution is -2.41. The predicted octanol–water partition coefficient (Wildman–Crippen LogP) is 3.56. The van der Waals surface area contributed by atoms with Gasteiger partial charge in [0.05, 0.1) is 22.3 Å². The van der Waals surface area contributed by atoms with Crippen molar-refractivity contribution in [2.75, 3.05) is 5.32 Å². The van der Waals surface area contributed by atoms with E-state index >= 15 is 0 Å². The van der Waals surface area contributed by atoms with E-state index < -0.39 is 7.12 Å². The molecule has 0 saturated carbocycles. The number of rotatable bonds is 3. The second-order valence-corrected chi connectivity index (χ2v) is 8.96. The average molecular weight is 354 g/mol. The molecule has 1 aliphatic heterocycles. The van der Waals surface area contributed by atoms with Crippen molar-refractivity contribution in [3.63, 3.8) is 0 Å². The van der Waals surface area contributed by atoms with Crippen LogP contribution in [0, 0.1) is 0 Å². The molecule has 6 heteroatoms. The molecule has 0 unspecified atom stereocenters. The van der Waals surface area contributed by atoms with Crippen LogP contribution in [0.1, 0.15) is 58.8 Å². The van der Waals surface area contributed by atoms with Gasteiger partial charge in [0.15, 0.2) is 6.29 Å². The molecule has 1 saturated heterocycles. The quantitative estimate of drug-likeness (QED) is 0.675. The van der Waals surface area contributed by atoms with Gasteiger partial charge in [-0.05, 0) is 66.1 Å². The highest BCUT2D eigenvalue weighted by Gasteiger charge is 2.51. The van der Waals surface area contributed by atoms with Crippen molar-refractivity contribution in [3.05, 3.63) is 29.8 Å². The minimum Gasteiger partial charge on any atom is -0.399 e. The van der Waals surface area contributed by atoms with Gasteiger partial charge in [-0.2, -0.15) is 0 Å². The highest BCUT2D eigenvalue weighted by Crippen LogP contribution is 2.36. The first-order chi connectivity index (χ1) is 11.9. The molecule has 138 valence electrons. The fraction of sp³-hybridized carbons (Fsp3) is 0.500. The number of nitrogens with one attached hydrogen (secondary N) is 1. The molecular weight excluding hydrogens is 327 g/mol. The Morgan fingerprint density at radius 2 is 1.69 bits per heavy atom. The first-order valence-corrected chi connectivity index (χ1v) is 8.96. The summed E-state index contributed by atoms with van der Waals surface area (Å²) in [5, 5.41) is 4.18. The normalized spacial score (nSPS) is 19.0. The van der Waals surface area contributed by atoms with Gasteiger partial charge in [0, 0.05) is 10.9 Å². The highest BCUT2D eigenvalue weighted by atomic mass is 16.7. The van der Waals surface area contributed by atoms with E-state index in [9.17, 15) is 4.79 Å². The number of carbonyl (C=O) groups is 1. The van der Waals surface area contributed by atoms with E-state index in [0.717, 1.165) is 22.7 Å². The average Bonchev–Trinajstić information content (AvgIpc) is 2.72. The maximum atomic E-state index is 11.5. The molecule has 0 radical (unpaired) electrons. The van der Waals surface area contributed by atoms with Gasteiger partial charge in [-0.25, -0.2) is 4.98 Å². The van der Waals surface area contributed by atoms with E-state index in [1.165, 1.54) is 0 Å². The number of nitrogens with zero attached hydrogens (tertiary/aromatic N) is 1. The summed E-state index contributed by atoms with van der Waals surface area (Å²) in [5.74, 6) is 0.600. The van der Waals surface area contributed by atoms with E-state index in [0.29, 0.717) is 11.4 Å². The van der Waals surface area contributed by atoms with E-state index in [1.54, 1.807) is 0 Å². The molecule has 1 fully saturated rings. The van der Waals surface area contributed by atoms with Crippen LogP contribution in [0.5, 0.6) is 0 Å². The zero-order valence-corrected chi connectivity index (χ0v) is 16.6. The number of anilines is 1. The molecule has 0 atom stereocenters. The highest BCUT2D eigenvalue weighted by molar-refractivity contribution is 6.62. The summed E-state index contributed by atoms with van der Waals surface area (Å²) < 4.78 is 12.2. The Kier molecular flexibility index (Phi) is 4.40. The van der Waals surface area contributed by atoms with E-state index in [1.807, 2.05) is 72.7 Å². The summed E-state index contributed by atoms with van der Waals surface area (Å²) in [6.45, 7) is 14.2. The SMILES string of the molecule is CC(C)(C)Nc1nc2ccc(B3OC(C)(C)C(C)(C)O3)cc2cc1C=O. The van der Waals surface area contributed by atoms with Gasteiger partial charge in [0.1, 0.15) is 5.82 Å². The maximum absolute atomic E-state index is 11.5. The fourth-order valence-corrected chi connectivity index (χ4v) is 2.88. The first kappa shape index (κ1) is 18.9. The van der Waals surface area contributed by atoms with E-state index in [4.69, 9.17) is 9.31 Å². The third-order valence-electron chi connectivity index (χ3n) is 5.01. The van der Waals surface area contributed by atoms with Gasteiger partial charge in [-0.15, -0.1) is 0 Å². The Morgan fingerprint density at radius 3 is 2.23 bits per heavy atom. The Balaban J connectivity index is 2.00. The molecule has 3 rings (SSSR count). The van der Waals surface area contributed by atoms with Gasteiger partial charge >= 0.3 is 7.12 Å². The summed E-state index contributed by atoms with van der Waals surface area (Å²) in [7, 11) is -0.434. The van der Waals surface area contributed by atoms with Crippen molar-refractivity contribution in [3.8, 4) is 0 Å². The zero-order valence-electron chi connectivity index (χ0n) is 16.6. The third kappa shape index (κ3) is 3.48. The van der Waals surface area contributed by atoms with Crippen LogP contribution in [0.25, 0.3) is 10.9 Å². The van der Waals surface area contributed by atoms with E-state index in [-0.39, 0.29) is 16.7 Å². The lowest BCUT2D eigenvalue weighted by atomic mass is 9.78. The Morgan fingerprint density at radius 1 is 1.08 bits per heavy atom. The van der Waals surface area contributed by atoms with Crippen LogP contribution in [0.4, 0.5) is 5.82 Å². The summed E-state index contributed by atoms with van der Waals surface area (Å²) in [5.41, 5.74) is 1.33. The van der Waals surface area contributed by atoms with Crippen molar-refractivity contribution in [1.82, 2.24) is 4.98 Å². The van der Waals surface area contributed by atoms with Crippen LogP contribution in [-0.2, 0) is 9.31 Å². The number of carbonyl (C=O) groups excluding carboxylic acids is 1. The standard InChI is InChI=1S/C20H27BN2O3/c1-18(2,3)23-17-14(12-24)10-13-11-15(8-9-16(13)22-17)21-25-19(4,5)20(6,7)26-21/h8-12H,1-7H3,(H,22,23). The molecule has 1 N–H and O–H groups in total. The second-order valence-electron chi connectivity index (χ2n) is 8.96. The molecule has 5 nitrogen and oxygen atoms in total. The molecule has 0 bridgehead atoms.